The third kappa shape index (κ3) is 2.49. The zero-order chi connectivity index (χ0) is 19.6. The molecule has 4 aliphatic rings. The molecule has 4 saturated carbocycles. The first kappa shape index (κ1) is 18.8. The maximum absolute atomic E-state index is 13.4. The number of rotatable bonds is 2. The Morgan fingerprint density at radius 2 is 1.96 bits per heavy atom. The molecule has 4 fully saturated rings. The summed E-state index contributed by atoms with van der Waals surface area (Å²) in [4.78, 5) is 37.9. The zero-order valence-electron chi connectivity index (χ0n) is 16.2. The number of aliphatic hydroxyl groups excluding tert-OH is 1. The van der Waals surface area contributed by atoms with Crippen LogP contribution in [0.25, 0.3) is 0 Å². The second-order valence-corrected chi connectivity index (χ2v) is 9.98. The molecule has 27 heavy (non-hydrogen) atoms. The minimum atomic E-state index is -0.460. The van der Waals surface area contributed by atoms with Gasteiger partial charge in [-0.1, -0.05) is 13.8 Å². The standard InChI is InChI=1S/C22H29NO4/c1-21-6-5-13(25)8-17(21)12(10-23)7-14-15-3-4-16(19(27)11-24)22(15,2)9-18(26)20(14)21/h12,14-17,20,24H,3-9,11H2,1-2H3/t12-,14+,15+,16-,17+,20-,21+,22+/m1/s1. The fourth-order valence-electron chi connectivity index (χ4n) is 7.74. The molecule has 146 valence electrons. The van der Waals surface area contributed by atoms with Crippen molar-refractivity contribution in [1.82, 2.24) is 0 Å². The van der Waals surface area contributed by atoms with Gasteiger partial charge in [-0.25, -0.2) is 0 Å². The normalized spacial score (nSPS) is 49.0. The molecule has 0 aromatic rings. The molecule has 0 amide bonds. The predicted octanol–water partition coefficient (Wildman–Crippen LogP) is 2.70. The maximum atomic E-state index is 13.4. The SMILES string of the molecule is C[C@]12CCC(=O)C[C@H]1[C@@H](C#N)C[C@H]1[C@@H]3CC[C@H](C(=O)CO)[C@@]3(C)CC(=O)[C@@H]12. The van der Waals surface area contributed by atoms with E-state index in [2.05, 4.69) is 19.9 Å². The average Bonchev–Trinajstić information content (AvgIpc) is 2.97. The minimum Gasteiger partial charge on any atom is -0.389 e. The Morgan fingerprint density at radius 3 is 2.63 bits per heavy atom. The molecule has 5 nitrogen and oxygen atoms in total. The highest BCUT2D eigenvalue weighted by Crippen LogP contribution is 2.67. The minimum absolute atomic E-state index is 0.0189. The first-order valence-corrected chi connectivity index (χ1v) is 10.3. The molecule has 0 aliphatic heterocycles. The monoisotopic (exact) mass is 371 g/mol. The number of carbonyl (C=O) groups excluding carboxylic acids is 3. The van der Waals surface area contributed by atoms with E-state index in [9.17, 15) is 24.8 Å². The van der Waals surface area contributed by atoms with Crippen LogP contribution >= 0.6 is 0 Å². The molecule has 0 bridgehead atoms. The number of hydrogen-bond acceptors (Lipinski definition) is 5. The van der Waals surface area contributed by atoms with E-state index in [1.807, 2.05) is 0 Å². The lowest BCUT2D eigenvalue weighted by atomic mass is 9.42. The van der Waals surface area contributed by atoms with Gasteiger partial charge in [0.25, 0.3) is 0 Å². The lowest BCUT2D eigenvalue weighted by molar-refractivity contribution is -0.165. The number of ketones is 3. The van der Waals surface area contributed by atoms with Crippen molar-refractivity contribution in [2.24, 2.45) is 46.3 Å². The Labute approximate surface area is 160 Å². The van der Waals surface area contributed by atoms with Gasteiger partial charge in [-0.2, -0.15) is 5.26 Å². The molecular weight excluding hydrogens is 342 g/mol. The lowest BCUT2D eigenvalue weighted by Gasteiger charge is -2.60. The van der Waals surface area contributed by atoms with Crippen molar-refractivity contribution in [2.45, 2.75) is 58.8 Å². The zero-order valence-corrected chi connectivity index (χ0v) is 16.2. The van der Waals surface area contributed by atoms with Gasteiger partial charge in [-0.3, -0.25) is 14.4 Å². The van der Waals surface area contributed by atoms with E-state index >= 15 is 0 Å². The summed E-state index contributed by atoms with van der Waals surface area (Å²) >= 11 is 0. The van der Waals surface area contributed by atoms with E-state index in [4.69, 9.17) is 0 Å². The smallest absolute Gasteiger partial charge is 0.161 e. The van der Waals surface area contributed by atoms with Crippen LogP contribution in [-0.2, 0) is 14.4 Å². The van der Waals surface area contributed by atoms with Gasteiger partial charge in [0, 0.05) is 31.1 Å². The molecule has 8 atom stereocenters. The molecule has 0 spiro atoms. The number of aliphatic hydroxyl groups is 1. The van der Waals surface area contributed by atoms with Crippen molar-refractivity contribution in [1.29, 1.82) is 5.26 Å². The lowest BCUT2D eigenvalue weighted by Crippen LogP contribution is -2.59. The van der Waals surface area contributed by atoms with Crippen LogP contribution in [0.3, 0.4) is 0 Å². The average molecular weight is 371 g/mol. The molecule has 4 rings (SSSR count). The number of Topliss-reactive ketones (excluding diaryl/α,β-unsaturated/α-hetero) is 3. The Hall–Kier alpha value is -1.54. The summed E-state index contributed by atoms with van der Waals surface area (Å²) in [6.07, 6.45) is 4.31. The van der Waals surface area contributed by atoms with Crippen molar-refractivity contribution >= 4 is 17.3 Å². The number of fused-ring (bicyclic) bond motifs is 5. The first-order chi connectivity index (χ1) is 12.8. The van der Waals surface area contributed by atoms with E-state index in [0.717, 1.165) is 12.8 Å². The molecule has 0 unspecified atom stereocenters. The van der Waals surface area contributed by atoms with Crippen molar-refractivity contribution in [3.63, 3.8) is 0 Å². The Bertz CT molecular complexity index is 739. The third-order valence-corrected chi connectivity index (χ3v) is 8.93. The van der Waals surface area contributed by atoms with Crippen LogP contribution in [0.1, 0.15) is 58.8 Å². The summed E-state index contributed by atoms with van der Waals surface area (Å²) in [6.45, 7) is 3.73. The number of carbonyl (C=O) groups is 3. The second kappa shape index (κ2) is 6.24. The number of nitrogens with zero attached hydrogens (tertiary/aromatic N) is 1. The molecule has 0 saturated heterocycles. The second-order valence-electron chi connectivity index (χ2n) is 9.98. The van der Waals surface area contributed by atoms with Gasteiger partial charge < -0.3 is 5.11 Å². The third-order valence-electron chi connectivity index (χ3n) is 8.93. The highest BCUT2D eigenvalue weighted by molar-refractivity contribution is 5.88. The van der Waals surface area contributed by atoms with Crippen molar-refractivity contribution in [2.75, 3.05) is 6.61 Å². The fraction of sp³-hybridized carbons (Fsp3) is 0.818. The number of nitriles is 1. The van der Waals surface area contributed by atoms with Gasteiger partial charge in [0.15, 0.2) is 5.78 Å². The quantitative estimate of drug-likeness (QED) is 0.805. The summed E-state index contributed by atoms with van der Waals surface area (Å²) in [6, 6.07) is 2.46. The van der Waals surface area contributed by atoms with Gasteiger partial charge in [-0.05, 0) is 54.3 Å². The van der Waals surface area contributed by atoms with Crippen LogP contribution in [0, 0.1) is 57.7 Å². The van der Waals surface area contributed by atoms with E-state index in [-0.39, 0.29) is 58.3 Å². The van der Waals surface area contributed by atoms with Crippen LogP contribution in [-0.4, -0.2) is 29.1 Å². The van der Waals surface area contributed by atoms with Gasteiger partial charge in [0.05, 0.1) is 12.0 Å². The van der Waals surface area contributed by atoms with Crippen molar-refractivity contribution < 1.29 is 19.5 Å². The molecule has 0 heterocycles. The maximum Gasteiger partial charge on any atom is 0.161 e. The van der Waals surface area contributed by atoms with E-state index in [1.54, 1.807) is 0 Å². The highest BCUT2D eigenvalue weighted by Gasteiger charge is 2.65. The molecule has 5 heteroatoms. The highest BCUT2D eigenvalue weighted by atomic mass is 16.3. The molecule has 0 radical (unpaired) electrons. The summed E-state index contributed by atoms with van der Waals surface area (Å²) in [5, 5.41) is 19.2. The summed E-state index contributed by atoms with van der Waals surface area (Å²) in [7, 11) is 0. The van der Waals surface area contributed by atoms with Crippen LogP contribution in [0.5, 0.6) is 0 Å². The topological polar surface area (TPSA) is 95.2 Å². The van der Waals surface area contributed by atoms with E-state index < -0.39 is 12.0 Å². The summed E-state index contributed by atoms with van der Waals surface area (Å²) in [5.41, 5.74) is -0.680. The predicted molar refractivity (Wildman–Crippen MR) is 97.2 cm³/mol. The number of hydrogen-bond donors (Lipinski definition) is 1. The van der Waals surface area contributed by atoms with Crippen LogP contribution in [0.15, 0.2) is 0 Å². The Kier molecular flexibility index (Phi) is 4.34. The molecule has 0 aromatic carbocycles. The molecular formula is C22H29NO4. The largest absolute Gasteiger partial charge is 0.389 e. The Balaban J connectivity index is 1.74. The molecule has 4 aliphatic carbocycles. The summed E-state index contributed by atoms with van der Waals surface area (Å²) in [5.74, 6) is 0.0916. The van der Waals surface area contributed by atoms with E-state index in [1.165, 1.54) is 0 Å². The summed E-state index contributed by atoms with van der Waals surface area (Å²) < 4.78 is 0. The van der Waals surface area contributed by atoms with Gasteiger partial charge >= 0.3 is 0 Å². The van der Waals surface area contributed by atoms with Crippen molar-refractivity contribution in [3.05, 3.63) is 0 Å². The van der Waals surface area contributed by atoms with Crippen LogP contribution in [0.2, 0.25) is 0 Å². The Morgan fingerprint density at radius 1 is 1.22 bits per heavy atom. The van der Waals surface area contributed by atoms with Crippen LogP contribution in [0.4, 0.5) is 0 Å². The molecule has 0 aromatic heterocycles. The molecule has 1 N–H and O–H groups in total. The van der Waals surface area contributed by atoms with E-state index in [0.29, 0.717) is 32.1 Å². The fourth-order valence-corrected chi connectivity index (χ4v) is 7.74. The first-order valence-electron chi connectivity index (χ1n) is 10.3. The van der Waals surface area contributed by atoms with Gasteiger partial charge in [-0.15, -0.1) is 0 Å². The van der Waals surface area contributed by atoms with Crippen LogP contribution < -0.4 is 0 Å². The van der Waals surface area contributed by atoms with Crippen molar-refractivity contribution in [3.8, 4) is 6.07 Å². The van der Waals surface area contributed by atoms with Gasteiger partial charge in [0.2, 0.25) is 0 Å². The van der Waals surface area contributed by atoms with Gasteiger partial charge in [0.1, 0.15) is 18.2 Å².